The smallest absolute Gasteiger partial charge is 0.258 e. The Bertz CT molecular complexity index is 5940. The monoisotopic (exact) mass is 1660 g/mol. The van der Waals surface area contributed by atoms with Crippen LogP contribution in [0.25, 0.3) is 39.3 Å². The highest BCUT2D eigenvalue weighted by molar-refractivity contribution is 6.00. The van der Waals surface area contributed by atoms with Crippen LogP contribution >= 0.6 is 0 Å². The van der Waals surface area contributed by atoms with E-state index < -0.39 is 5.82 Å². The number of pyridine rings is 3. The molecule has 0 spiro atoms. The van der Waals surface area contributed by atoms with Crippen LogP contribution in [0.1, 0.15) is 142 Å². The van der Waals surface area contributed by atoms with Gasteiger partial charge in [0, 0.05) is 96.0 Å². The zero-order valence-corrected chi connectivity index (χ0v) is 68.5. The summed E-state index contributed by atoms with van der Waals surface area (Å²) < 4.78 is 56.4. The number of carbonyl (C=O) groups excluding carboxylic acids is 4. The minimum Gasteiger partial charge on any atom is -0.493 e. The summed E-state index contributed by atoms with van der Waals surface area (Å²) >= 11 is 0. The number of rotatable bonds is 21. The second-order valence-electron chi connectivity index (χ2n) is 32.5. The third-order valence-corrected chi connectivity index (χ3v) is 24.9. The van der Waals surface area contributed by atoms with E-state index >= 15 is 0 Å². The first-order valence-corrected chi connectivity index (χ1v) is 42.1. The number of hydrogen-bond donors (Lipinski definition) is 0. The van der Waals surface area contributed by atoms with Crippen LogP contribution in [0.2, 0.25) is 0 Å². The molecule has 0 aliphatic carbocycles. The van der Waals surface area contributed by atoms with Crippen LogP contribution in [0.5, 0.6) is 29.3 Å². The second kappa shape index (κ2) is 35.6. The van der Waals surface area contributed by atoms with Crippen molar-refractivity contribution in [1.82, 2.24) is 99.5 Å². The Morgan fingerprint density at radius 2 is 0.764 bits per heavy atom. The molecule has 8 saturated heterocycles. The van der Waals surface area contributed by atoms with Gasteiger partial charge < -0.3 is 43.3 Å². The van der Waals surface area contributed by atoms with Crippen LogP contribution in [0.15, 0.2) is 208 Å². The van der Waals surface area contributed by atoms with Crippen LogP contribution in [-0.2, 0) is 0 Å². The van der Waals surface area contributed by atoms with Gasteiger partial charge >= 0.3 is 0 Å². The average Bonchev–Trinajstić information content (AvgIpc) is 1.62. The molecule has 8 bridgehead atoms. The number of hydrogen-bond acceptors (Lipinski definition) is 22. The van der Waals surface area contributed by atoms with Gasteiger partial charge in [0.25, 0.3) is 23.6 Å². The van der Waals surface area contributed by atoms with Crippen molar-refractivity contribution >= 4 is 45.7 Å². The summed E-state index contributed by atoms with van der Waals surface area (Å²) in [7, 11) is 0. The van der Waals surface area contributed by atoms with Crippen molar-refractivity contribution in [3.8, 4) is 46.5 Å². The fourth-order valence-corrected chi connectivity index (χ4v) is 19.4. The van der Waals surface area contributed by atoms with Crippen molar-refractivity contribution in [2.24, 2.45) is 23.7 Å². The molecule has 16 heterocycles. The zero-order valence-electron chi connectivity index (χ0n) is 68.5. The Morgan fingerprint density at radius 1 is 0.358 bits per heavy atom. The van der Waals surface area contributed by atoms with Gasteiger partial charge in [0.1, 0.15) is 17.4 Å². The number of carbonyl (C=O) groups is 4. The molecule has 628 valence electrons. The molecule has 0 radical (unpaired) electrons. The fraction of sp³-hybridized carbons (Fsp3) is 0.359. The van der Waals surface area contributed by atoms with Crippen LogP contribution in [0.4, 0.5) is 8.78 Å². The maximum absolute atomic E-state index is 14.1. The number of aryl methyl sites for hydroxylation is 3. The molecule has 8 fully saturated rings. The summed E-state index contributed by atoms with van der Waals surface area (Å²) in [6.07, 6.45) is 27.3. The summed E-state index contributed by atoms with van der Waals surface area (Å²) in [5.41, 5.74) is 9.49. The average molecular weight is 1660 g/mol. The number of para-hydroxylation sites is 5. The van der Waals surface area contributed by atoms with E-state index in [2.05, 4.69) is 70.4 Å². The molecule has 8 aromatic heterocycles. The van der Waals surface area contributed by atoms with Crippen LogP contribution in [-0.4, -0.2) is 204 Å². The molecule has 8 aliphatic rings. The molecule has 12 unspecified atom stereocenters. The molecule has 5 aromatic carbocycles. The maximum atomic E-state index is 14.1. The normalized spacial score (nSPS) is 22.2. The first-order chi connectivity index (χ1) is 60.1. The van der Waals surface area contributed by atoms with Crippen molar-refractivity contribution < 1.29 is 51.6 Å². The molecule has 123 heavy (non-hydrogen) atoms. The summed E-state index contributed by atoms with van der Waals surface area (Å²) in [5, 5.41) is 25.1. The largest absolute Gasteiger partial charge is 0.493 e. The summed E-state index contributed by atoms with van der Waals surface area (Å²) in [5.74, 6) is 3.23. The molecule has 13 aromatic rings. The van der Waals surface area contributed by atoms with Gasteiger partial charge in [0.15, 0.2) is 5.82 Å². The van der Waals surface area contributed by atoms with Crippen LogP contribution in [0.3, 0.4) is 0 Å². The quantitative estimate of drug-likeness (QED) is 0.0645. The fourth-order valence-electron chi connectivity index (χ4n) is 19.4. The predicted octanol–water partition coefficient (Wildman–Crippen LogP) is 13.5. The van der Waals surface area contributed by atoms with Gasteiger partial charge in [-0.15, -0.1) is 4.80 Å². The predicted molar refractivity (Wildman–Crippen MR) is 447 cm³/mol. The number of ether oxygens (including phenoxy) is 5. The lowest BCUT2D eigenvalue weighted by molar-refractivity contribution is 0.0697. The molecule has 21 rings (SSSR count). The van der Waals surface area contributed by atoms with E-state index in [-0.39, 0.29) is 101 Å². The van der Waals surface area contributed by atoms with Gasteiger partial charge in [-0.25, -0.2) is 43.7 Å². The lowest BCUT2D eigenvalue weighted by Gasteiger charge is -2.25. The first-order valence-electron chi connectivity index (χ1n) is 42.1. The minimum absolute atomic E-state index is 0.0182. The minimum atomic E-state index is -0.462. The number of fused-ring (bicyclic) bond motifs is 10. The summed E-state index contributed by atoms with van der Waals surface area (Å²) in [6.45, 7) is 10.4. The van der Waals surface area contributed by atoms with Gasteiger partial charge in [-0.1, -0.05) is 54.1 Å². The number of amides is 4. The Kier molecular flexibility index (Phi) is 23.3. The SMILES string of the molecule is CCOc1ccccc1C(=O)N1C2CCC1C(COc1ccc(F)cn1)C2.Cc1ccc(C(=O)N2C3CCC2C(COc2cnc4ccccc4n2)C3)c(-n2nccn2)n1.Cc1ccc(OCC2CC3CCC2N3C(=O)c2cc(C)ccc2-n2nccn2)nc1.O=C(c1cc(F)ccc1-n1nccn1)N1C2CCC1C(COc1cnc3ccccc3n1)C2. The van der Waals surface area contributed by atoms with E-state index in [0.717, 1.165) is 128 Å². The Hall–Kier alpha value is -13.6. The topological polar surface area (TPSA) is 310 Å². The molecule has 8 aliphatic heterocycles. The second-order valence-corrected chi connectivity index (χ2v) is 32.5. The number of nitrogens with zero attached hydrogens (tertiary/aromatic N) is 20. The van der Waals surface area contributed by atoms with Gasteiger partial charge in [-0.2, -0.15) is 40.2 Å². The zero-order chi connectivity index (χ0) is 84.2. The van der Waals surface area contributed by atoms with Crippen molar-refractivity contribution in [2.45, 2.75) is 153 Å². The molecule has 29 nitrogen and oxygen atoms in total. The summed E-state index contributed by atoms with van der Waals surface area (Å²) in [4.78, 5) is 97.1. The third kappa shape index (κ3) is 17.0. The molecule has 0 saturated carbocycles. The Morgan fingerprint density at radius 3 is 1.24 bits per heavy atom. The number of aromatic nitrogens is 16. The van der Waals surface area contributed by atoms with E-state index in [1.807, 2.05) is 164 Å². The molecule has 0 N–H and O–H groups in total. The lowest BCUT2D eigenvalue weighted by atomic mass is 9.90. The van der Waals surface area contributed by atoms with Crippen molar-refractivity contribution in [3.63, 3.8) is 0 Å². The molecule has 4 amide bonds. The van der Waals surface area contributed by atoms with Gasteiger partial charge in [0.05, 0.1) is 145 Å². The van der Waals surface area contributed by atoms with Crippen molar-refractivity contribution in [2.75, 3.05) is 33.0 Å². The van der Waals surface area contributed by atoms with E-state index in [1.165, 1.54) is 51.0 Å². The first kappa shape index (κ1) is 80.5. The Labute approximate surface area is 707 Å². The molecular formula is C92H92F2N20O9. The molecular weight excluding hydrogens is 1570 g/mol. The lowest BCUT2D eigenvalue weighted by Crippen LogP contribution is -2.38. The highest BCUT2D eigenvalue weighted by Gasteiger charge is 2.53. The Balaban J connectivity index is 0.000000112. The van der Waals surface area contributed by atoms with E-state index in [4.69, 9.17) is 23.7 Å². The number of benzene rings is 5. The highest BCUT2D eigenvalue weighted by atomic mass is 19.1. The van der Waals surface area contributed by atoms with Gasteiger partial charge in [-0.3, -0.25) is 19.2 Å². The van der Waals surface area contributed by atoms with Crippen LogP contribution in [0, 0.1) is 56.1 Å². The van der Waals surface area contributed by atoms with E-state index in [0.29, 0.717) is 96.4 Å². The molecule has 12 atom stereocenters. The van der Waals surface area contributed by atoms with Crippen molar-refractivity contribution in [1.29, 1.82) is 0 Å². The molecule has 31 heteroatoms. The maximum Gasteiger partial charge on any atom is 0.258 e. The van der Waals surface area contributed by atoms with Gasteiger partial charge in [-0.05, 0) is 195 Å². The van der Waals surface area contributed by atoms with E-state index in [1.54, 1.807) is 43.2 Å². The number of halogens is 2. The summed E-state index contributed by atoms with van der Waals surface area (Å²) in [6, 6.07) is 44.6. The van der Waals surface area contributed by atoms with E-state index in [9.17, 15) is 28.0 Å². The standard InChI is InChI=1S/C24H21FN6O2.C24H23N7O2.C23H25N5O2.C21H23FN2O3/c25-16-5-7-22(31-27-9-10-28-31)18(12-16)24(32)30-17-6-8-21(30)15(11-17)14-33-23-13-26-19-3-1-2-4-20(19)29-23;1-15-6-8-18(23(28-15)31-26-10-11-27-31)24(32)30-17-7-9-21(30)16(12-17)14-33-22-13-25-19-4-2-3-5-20(19)29-22;1-15-3-6-21(28-25-9-10-26-28)19(11-15)23(29)27-18-5-7-20(27)17(12-18)14-30-22-8-4-16(2)13-24-22;1-2-26-19-6-4-3-5-17(19)21(25)24-16-8-9-18(24)14(11-16)13-27-20-10-7-15(22)12-23-20/h1-5,7,9-10,12-13,15,17,21H,6,8,11,14H2;2-6,8,10-11,13,16-17,21H,7,9,12,14H2,1H3;3-4,6,8-11,13,17-18,20H,5,7,12,14H2,1-2H3;3-7,10,12,14,16,18H,2,8-9,11,13H2,1H3. The van der Waals surface area contributed by atoms with Crippen LogP contribution < -0.4 is 23.7 Å². The highest BCUT2D eigenvalue weighted by Crippen LogP contribution is 2.48. The van der Waals surface area contributed by atoms with Gasteiger partial charge in [0.2, 0.25) is 23.5 Å². The third-order valence-electron chi connectivity index (χ3n) is 24.9. The van der Waals surface area contributed by atoms with Crippen molar-refractivity contribution in [3.05, 3.63) is 258 Å².